The van der Waals surface area contributed by atoms with Crippen molar-refractivity contribution in [1.29, 1.82) is 0 Å². The van der Waals surface area contributed by atoms with E-state index in [-0.39, 0.29) is 0 Å². The van der Waals surface area contributed by atoms with Crippen LogP contribution >= 0.6 is 0 Å². The van der Waals surface area contributed by atoms with Gasteiger partial charge in [-0.2, -0.15) is 0 Å². The minimum atomic E-state index is -1.75. The number of rotatable bonds is 4. The zero-order valence-electron chi connectivity index (χ0n) is 41.3. The molecule has 0 saturated carbocycles. The third-order valence-corrected chi connectivity index (χ3v) is 17.9. The Morgan fingerprint density at radius 1 is 0.273 bits per heavy atom. The molecular weight excluding hydrogens is 942 g/mol. The molecule has 7 heteroatoms. The average Bonchev–Trinajstić information content (AvgIpc) is 4.38. The van der Waals surface area contributed by atoms with Gasteiger partial charge in [-0.25, -0.2) is 0 Å². The Kier molecular flexibility index (Phi) is 8.58. The van der Waals surface area contributed by atoms with Crippen molar-refractivity contribution in [3.63, 3.8) is 0 Å². The maximum atomic E-state index is 11.5. The van der Waals surface area contributed by atoms with Gasteiger partial charge in [-0.3, -0.25) is 0 Å². The summed E-state index contributed by atoms with van der Waals surface area (Å²) in [6.45, 7) is 0. The Balaban J connectivity index is 0.956. The number of furan rings is 1. The molecule has 2 unspecified atom stereocenters. The lowest BCUT2D eigenvalue weighted by molar-refractivity contribution is 0.425. The van der Waals surface area contributed by atoms with Crippen molar-refractivity contribution >= 4 is 68.6 Å². The van der Waals surface area contributed by atoms with Gasteiger partial charge in [-0.15, -0.1) is 0 Å². The van der Waals surface area contributed by atoms with Crippen molar-refractivity contribution in [2.75, 3.05) is 0 Å². The second-order valence-electron chi connectivity index (χ2n) is 21.3. The summed E-state index contributed by atoms with van der Waals surface area (Å²) in [5.41, 5.74) is 22.7. The maximum Gasteiger partial charge on any atom is 0.489 e. The van der Waals surface area contributed by atoms with Gasteiger partial charge in [0.15, 0.2) is 0 Å². The molecule has 13 aromatic rings. The molecule has 358 valence electrons. The summed E-state index contributed by atoms with van der Waals surface area (Å²) in [7, 11) is -3.45. The van der Waals surface area contributed by atoms with E-state index in [2.05, 4.69) is 194 Å². The van der Waals surface area contributed by atoms with Crippen LogP contribution in [0.3, 0.4) is 0 Å². The van der Waals surface area contributed by atoms with E-state index in [1.54, 1.807) is 0 Å². The SMILES string of the molecule is OB(O)c1cc2c(c3ccccc13)-c1ccc(-c3ccccc3)cc1C21c2ccccc2-c2c(-c3ccc4c(B(O)O)cc5c(c4c3)-c3ccccc3C53c4ccccc4-c4c3ccc3c4oc4ccccc43)cccc21. The molecule has 0 aliphatic heterocycles. The fraction of sp³-hybridized carbons (Fsp3) is 0.0286. The second kappa shape index (κ2) is 15.3. The van der Waals surface area contributed by atoms with Gasteiger partial charge in [0, 0.05) is 16.3 Å². The molecule has 5 nitrogen and oxygen atoms in total. The highest BCUT2D eigenvalue weighted by Gasteiger charge is 2.55. The third kappa shape index (κ3) is 5.29. The zero-order chi connectivity index (χ0) is 51.1. The molecule has 4 aliphatic rings. The number of hydrogen-bond donors (Lipinski definition) is 4. The smallest absolute Gasteiger partial charge is 0.455 e. The molecule has 1 heterocycles. The van der Waals surface area contributed by atoms with Crippen molar-refractivity contribution in [3.8, 4) is 66.8 Å². The van der Waals surface area contributed by atoms with E-state index >= 15 is 0 Å². The molecule has 4 N–H and O–H groups in total. The lowest BCUT2D eigenvalue weighted by Crippen LogP contribution is -2.33. The Morgan fingerprint density at radius 3 is 1.47 bits per heavy atom. The molecule has 4 aliphatic carbocycles. The van der Waals surface area contributed by atoms with Crippen LogP contribution in [0.1, 0.15) is 44.5 Å². The van der Waals surface area contributed by atoms with Gasteiger partial charge in [0.1, 0.15) is 11.2 Å². The van der Waals surface area contributed by atoms with Crippen LogP contribution in [0.15, 0.2) is 235 Å². The van der Waals surface area contributed by atoms with Crippen LogP contribution in [0.2, 0.25) is 0 Å². The highest BCUT2D eigenvalue weighted by Crippen LogP contribution is 2.67. The second-order valence-corrected chi connectivity index (χ2v) is 21.3. The summed E-state index contributed by atoms with van der Waals surface area (Å²) in [5, 5.41) is 51.1. The average molecular weight is 985 g/mol. The lowest BCUT2D eigenvalue weighted by Gasteiger charge is -2.31. The summed E-state index contributed by atoms with van der Waals surface area (Å²) in [6, 6.07) is 81.5. The number of hydrogen-bond acceptors (Lipinski definition) is 5. The van der Waals surface area contributed by atoms with Crippen molar-refractivity contribution < 1.29 is 24.5 Å². The number of para-hydroxylation sites is 1. The number of benzene rings is 12. The van der Waals surface area contributed by atoms with Crippen molar-refractivity contribution in [2.24, 2.45) is 0 Å². The van der Waals surface area contributed by atoms with E-state index in [1.165, 1.54) is 0 Å². The molecule has 17 rings (SSSR count). The van der Waals surface area contributed by atoms with E-state index in [0.717, 1.165) is 155 Å². The van der Waals surface area contributed by atoms with Gasteiger partial charge >= 0.3 is 14.2 Å². The first-order chi connectivity index (χ1) is 37.9. The topological polar surface area (TPSA) is 94.1 Å². The van der Waals surface area contributed by atoms with Crippen molar-refractivity contribution in [2.45, 2.75) is 10.8 Å². The quantitative estimate of drug-likeness (QED) is 0.132. The Bertz CT molecular complexity index is 4790. The van der Waals surface area contributed by atoms with Crippen LogP contribution in [0, 0.1) is 0 Å². The molecule has 2 spiro atoms. The van der Waals surface area contributed by atoms with Crippen molar-refractivity contribution in [3.05, 3.63) is 275 Å². The predicted molar refractivity (Wildman–Crippen MR) is 312 cm³/mol. The molecule has 0 radical (unpaired) electrons. The first kappa shape index (κ1) is 43.2. The van der Waals surface area contributed by atoms with E-state index in [9.17, 15) is 20.1 Å². The van der Waals surface area contributed by atoms with E-state index in [0.29, 0.717) is 10.9 Å². The molecular formula is C70H42B2O5. The summed E-state index contributed by atoms with van der Waals surface area (Å²) in [5.74, 6) is 0. The first-order valence-electron chi connectivity index (χ1n) is 26.4. The molecule has 0 saturated heterocycles. The van der Waals surface area contributed by atoms with Crippen LogP contribution < -0.4 is 10.9 Å². The molecule has 0 fully saturated rings. The van der Waals surface area contributed by atoms with Gasteiger partial charge in [-0.1, -0.05) is 212 Å². The predicted octanol–water partition coefficient (Wildman–Crippen LogP) is 13.3. The van der Waals surface area contributed by atoms with Crippen LogP contribution in [0.5, 0.6) is 0 Å². The van der Waals surface area contributed by atoms with Gasteiger partial charge in [0.05, 0.1) is 10.8 Å². The molecule has 0 bridgehead atoms. The Labute approximate surface area is 443 Å². The van der Waals surface area contributed by atoms with Gasteiger partial charge in [0.25, 0.3) is 0 Å². The van der Waals surface area contributed by atoms with Crippen molar-refractivity contribution in [1.82, 2.24) is 0 Å². The Morgan fingerprint density at radius 2 is 0.766 bits per heavy atom. The van der Waals surface area contributed by atoms with E-state index in [1.807, 2.05) is 36.4 Å². The summed E-state index contributed by atoms with van der Waals surface area (Å²) in [6.07, 6.45) is 0. The minimum absolute atomic E-state index is 0.443. The lowest BCUT2D eigenvalue weighted by atomic mass is 9.67. The maximum absolute atomic E-state index is 11.5. The van der Waals surface area contributed by atoms with Gasteiger partial charge in [0.2, 0.25) is 0 Å². The van der Waals surface area contributed by atoms with E-state index < -0.39 is 25.1 Å². The summed E-state index contributed by atoms with van der Waals surface area (Å²) in [4.78, 5) is 0. The normalized spacial score (nSPS) is 16.7. The fourth-order valence-corrected chi connectivity index (χ4v) is 15.1. The standard InChI is InChI=1S/C70H42B2O5/c73-71(74)61-37-59-65(46-19-5-4-17-43(46)61)51-32-29-40(39-15-2-1-3-16-39)36-58(51)70(59)54-25-11-6-20-48(54)64-42(23-14-27-56(64)70)41-30-31-44-52(35-41)66-49-21-7-10-24-53(49)69(60(66)38-62(44)72(75)76)55-26-12-8-22-50(55)67-57(69)34-33-47-45-18-9-13-28-63(45)77-68(47)67/h1-38,73-76H. The minimum Gasteiger partial charge on any atom is -0.455 e. The van der Waals surface area contributed by atoms with Gasteiger partial charge < -0.3 is 24.5 Å². The fourth-order valence-electron chi connectivity index (χ4n) is 15.1. The third-order valence-electron chi connectivity index (χ3n) is 17.9. The van der Waals surface area contributed by atoms with Gasteiger partial charge in [-0.05, 0) is 156 Å². The molecule has 2 atom stereocenters. The van der Waals surface area contributed by atoms with E-state index in [4.69, 9.17) is 4.42 Å². The zero-order valence-corrected chi connectivity index (χ0v) is 41.3. The first-order valence-corrected chi connectivity index (χ1v) is 26.4. The Hall–Kier alpha value is -9.07. The van der Waals surface area contributed by atoms with Crippen LogP contribution in [-0.4, -0.2) is 34.3 Å². The monoisotopic (exact) mass is 984 g/mol. The summed E-state index contributed by atoms with van der Waals surface area (Å²) < 4.78 is 6.82. The molecule has 0 amide bonds. The number of fused-ring (bicyclic) bond motifs is 28. The highest BCUT2D eigenvalue weighted by molar-refractivity contribution is 6.63. The summed E-state index contributed by atoms with van der Waals surface area (Å²) >= 11 is 0. The highest BCUT2D eigenvalue weighted by atomic mass is 16.4. The molecule has 12 aromatic carbocycles. The van der Waals surface area contributed by atoms with Crippen LogP contribution in [-0.2, 0) is 10.8 Å². The molecule has 77 heavy (non-hydrogen) atoms. The molecule has 1 aromatic heterocycles. The van der Waals surface area contributed by atoms with Crippen LogP contribution in [0.4, 0.5) is 0 Å². The largest absolute Gasteiger partial charge is 0.489 e. The van der Waals surface area contributed by atoms with Crippen LogP contribution in [0.25, 0.3) is 110 Å².